The van der Waals surface area contributed by atoms with Gasteiger partial charge in [-0.1, -0.05) is 61.5 Å². The molecule has 0 aliphatic carbocycles. The van der Waals surface area contributed by atoms with E-state index in [1.165, 1.54) is 5.56 Å². The number of nitrogens with one attached hydrogen (secondary N) is 1. The molecule has 1 atom stereocenters. The van der Waals surface area contributed by atoms with Gasteiger partial charge >= 0.3 is 0 Å². The molecule has 3 rings (SSSR count). The topological polar surface area (TPSA) is 52.7 Å². The van der Waals surface area contributed by atoms with Crippen molar-refractivity contribution in [3.8, 4) is 0 Å². The smallest absolute Gasteiger partial charge is 0.225 e. The second kappa shape index (κ2) is 9.51. The van der Waals surface area contributed by atoms with Gasteiger partial charge in [-0.25, -0.2) is 0 Å². The molecule has 1 fully saturated rings. The van der Waals surface area contributed by atoms with Crippen molar-refractivity contribution in [2.45, 2.75) is 33.0 Å². The van der Waals surface area contributed by atoms with Crippen molar-refractivity contribution >= 4 is 11.8 Å². The first kappa shape index (κ1) is 20.1. The lowest BCUT2D eigenvalue weighted by Gasteiger charge is -2.17. The molecule has 0 saturated carbocycles. The van der Waals surface area contributed by atoms with Gasteiger partial charge in [0.2, 0.25) is 11.8 Å². The summed E-state index contributed by atoms with van der Waals surface area (Å²) in [6.45, 7) is 5.57. The molecule has 5 nitrogen and oxygen atoms in total. The molecule has 1 saturated heterocycles. The van der Waals surface area contributed by atoms with Crippen LogP contribution in [-0.2, 0) is 29.2 Å². The standard InChI is InChI=1S/C23H29N3O2/c1-3-25(2)15-20-11-7-10-19(12-20)14-24-23(28)21-13-22(27)26(17-21)16-18-8-5-4-6-9-18/h4-12,21H,3,13-17H2,1-2H3,(H,24,28). The van der Waals surface area contributed by atoms with E-state index in [4.69, 9.17) is 0 Å². The van der Waals surface area contributed by atoms with E-state index in [0.717, 1.165) is 24.2 Å². The Morgan fingerprint density at radius 3 is 2.57 bits per heavy atom. The number of likely N-dealkylation sites (tertiary alicyclic amines) is 1. The summed E-state index contributed by atoms with van der Waals surface area (Å²) in [5, 5.41) is 3.01. The average molecular weight is 380 g/mol. The molecule has 2 aromatic rings. The maximum absolute atomic E-state index is 12.6. The van der Waals surface area contributed by atoms with Crippen molar-refractivity contribution < 1.29 is 9.59 Å². The molecule has 148 valence electrons. The zero-order chi connectivity index (χ0) is 19.9. The van der Waals surface area contributed by atoms with Crippen molar-refractivity contribution in [2.75, 3.05) is 20.1 Å². The highest BCUT2D eigenvalue weighted by Gasteiger charge is 2.34. The average Bonchev–Trinajstić information content (AvgIpc) is 3.07. The zero-order valence-electron chi connectivity index (χ0n) is 16.7. The summed E-state index contributed by atoms with van der Waals surface area (Å²) in [4.78, 5) is 28.9. The molecule has 1 heterocycles. The first-order chi connectivity index (χ1) is 13.5. The predicted molar refractivity (Wildman–Crippen MR) is 110 cm³/mol. The molecule has 0 radical (unpaired) electrons. The fourth-order valence-corrected chi connectivity index (χ4v) is 3.50. The molecule has 1 aliphatic rings. The highest BCUT2D eigenvalue weighted by Crippen LogP contribution is 2.20. The predicted octanol–water partition coefficient (Wildman–Crippen LogP) is 2.80. The molecule has 0 spiro atoms. The molecule has 0 bridgehead atoms. The van der Waals surface area contributed by atoms with Gasteiger partial charge < -0.3 is 15.1 Å². The quantitative estimate of drug-likeness (QED) is 0.767. The normalized spacial score (nSPS) is 16.6. The maximum Gasteiger partial charge on any atom is 0.225 e. The number of carbonyl (C=O) groups excluding carboxylic acids is 2. The van der Waals surface area contributed by atoms with Gasteiger partial charge in [-0.2, -0.15) is 0 Å². The molecule has 1 unspecified atom stereocenters. The van der Waals surface area contributed by atoms with E-state index in [9.17, 15) is 9.59 Å². The Morgan fingerprint density at radius 2 is 1.82 bits per heavy atom. The Labute approximate surface area is 167 Å². The lowest BCUT2D eigenvalue weighted by atomic mass is 10.1. The van der Waals surface area contributed by atoms with E-state index in [-0.39, 0.29) is 17.7 Å². The Kier molecular flexibility index (Phi) is 6.82. The number of benzene rings is 2. The monoisotopic (exact) mass is 379 g/mol. The van der Waals surface area contributed by atoms with Crippen molar-refractivity contribution in [3.05, 3.63) is 71.3 Å². The molecule has 5 heteroatoms. The van der Waals surface area contributed by atoms with E-state index in [2.05, 4.69) is 36.3 Å². The van der Waals surface area contributed by atoms with Crippen LogP contribution in [0.1, 0.15) is 30.0 Å². The van der Waals surface area contributed by atoms with Crippen LogP contribution in [0.4, 0.5) is 0 Å². The molecule has 0 aromatic heterocycles. The van der Waals surface area contributed by atoms with Gasteiger partial charge in [0.05, 0.1) is 5.92 Å². The van der Waals surface area contributed by atoms with Crippen LogP contribution >= 0.6 is 0 Å². The Hall–Kier alpha value is -2.66. The molecule has 1 aliphatic heterocycles. The third-order valence-electron chi connectivity index (χ3n) is 5.25. The van der Waals surface area contributed by atoms with E-state index >= 15 is 0 Å². The Balaban J connectivity index is 1.51. The van der Waals surface area contributed by atoms with Crippen LogP contribution in [0.15, 0.2) is 54.6 Å². The van der Waals surface area contributed by atoms with Crippen molar-refractivity contribution in [2.24, 2.45) is 5.92 Å². The number of carbonyl (C=O) groups is 2. The first-order valence-corrected chi connectivity index (χ1v) is 9.91. The van der Waals surface area contributed by atoms with Crippen molar-refractivity contribution in [3.63, 3.8) is 0 Å². The van der Waals surface area contributed by atoms with Crippen LogP contribution in [0.25, 0.3) is 0 Å². The number of amides is 2. The molecule has 2 aromatic carbocycles. The minimum absolute atomic E-state index is 0.0417. The summed E-state index contributed by atoms with van der Waals surface area (Å²) in [5.41, 5.74) is 3.41. The largest absolute Gasteiger partial charge is 0.352 e. The summed E-state index contributed by atoms with van der Waals surface area (Å²) in [5.74, 6) is -0.265. The Bertz CT molecular complexity index is 807. The summed E-state index contributed by atoms with van der Waals surface area (Å²) >= 11 is 0. The summed E-state index contributed by atoms with van der Waals surface area (Å²) in [6.07, 6.45) is 0.292. The molecular formula is C23H29N3O2. The third kappa shape index (κ3) is 5.42. The summed E-state index contributed by atoms with van der Waals surface area (Å²) < 4.78 is 0. The number of hydrogen-bond donors (Lipinski definition) is 1. The van der Waals surface area contributed by atoms with Crippen LogP contribution < -0.4 is 5.32 Å². The second-order valence-electron chi connectivity index (χ2n) is 7.53. The highest BCUT2D eigenvalue weighted by atomic mass is 16.2. The van der Waals surface area contributed by atoms with E-state index in [1.807, 2.05) is 42.5 Å². The molecular weight excluding hydrogens is 350 g/mol. The fourth-order valence-electron chi connectivity index (χ4n) is 3.50. The fraction of sp³-hybridized carbons (Fsp3) is 0.391. The minimum atomic E-state index is -0.273. The van der Waals surface area contributed by atoms with E-state index in [1.54, 1.807) is 4.90 Å². The molecule has 2 amide bonds. The number of rotatable bonds is 8. The lowest BCUT2D eigenvalue weighted by Crippen LogP contribution is -2.32. The number of hydrogen-bond acceptors (Lipinski definition) is 3. The lowest BCUT2D eigenvalue weighted by molar-refractivity contribution is -0.129. The van der Waals surface area contributed by atoms with Crippen molar-refractivity contribution in [1.82, 2.24) is 15.1 Å². The summed E-state index contributed by atoms with van der Waals surface area (Å²) in [7, 11) is 2.09. The molecule has 28 heavy (non-hydrogen) atoms. The number of nitrogens with zero attached hydrogens (tertiary/aromatic N) is 2. The van der Waals surface area contributed by atoms with Gasteiger partial charge in [0.25, 0.3) is 0 Å². The summed E-state index contributed by atoms with van der Waals surface area (Å²) in [6, 6.07) is 18.2. The second-order valence-corrected chi connectivity index (χ2v) is 7.53. The van der Waals surface area contributed by atoms with E-state index in [0.29, 0.717) is 26.1 Å². The maximum atomic E-state index is 12.6. The zero-order valence-corrected chi connectivity index (χ0v) is 16.7. The minimum Gasteiger partial charge on any atom is -0.352 e. The van der Waals surface area contributed by atoms with Gasteiger partial charge in [0, 0.05) is 32.6 Å². The van der Waals surface area contributed by atoms with Crippen molar-refractivity contribution in [1.29, 1.82) is 0 Å². The molecule has 1 N–H and O–H groups in total. The van der Waals surface area contributed by atoms with Gasteiger partial charge in [-0.15, -0.1) is 0 Å². The van der Waals surface area contributed by atoms with Gasteiger partial charge in [0.15, 0.2) is 0 Å². The first-order valence-electron chi connectivity index (χ1n) is 9.91. The van der Waals surface area contributed by atoms with E-state index < -0.39 is 0 Å². The van der Waals surface area contributed by atoms with Crippen LogP contribution in [0.5, 0.6) is 0 Å². The van der Waals surface area contributed by atoms with Gasteiger partial charge in [-0.3, -0.25) is 9.59 Å². The highest BCUT2D eigenvalue weighted by molar-refractivity contribution is 5.89. The van der Waals surface area contributed by atoms with Crippen LogP contribution in [0, 0.1) is 5.92 Å². The third-order valence-corrected chi connectivity index (χ3v) is 5.25. The van der Waals surface area contributed by atoms with Crippen LogP contribution in [0.2, 0.25) is 0 Å². The SMILES string of the molecule is CCN(C)Cc1cccc(CNC(=O)C2CC(=O)N(Cc3ccccc3)C2)c1. The van der Waals surface area contributed by atoms with Gasteiger partial charge in [-0.05, 0) is 30.3 Å². The van der Waals surface area contributed by atoms with Crippen LogP contribution in [-0.4, -0.2) is 41.8 Å². The Morgan fingerprint density at radius 1 is 1.11 bits per heavy atom. The van der Waals surface area contributed by atoms with Gasteiger partial charge in [0.1, 0.15) is 0 Å². The van der Waals surface area contributed by atoms with Crippen LogP contribution in [0.3, 0.4) is 0 Å².